The number of aryl methyl sites for hydroxylation is 1. The van der Waals surface area contributed by atoms with Gasteiger partial charge in [-0.25, -0.2) is 0 Å². The third-order valence-electron chi connectivity index (χ3n) is 3.97. The van der Waals surface area contributed by atoms with Gasteiger partial charge in [0.05, 0.1) is 7.11 Å². The van der Waals surface area contributed by atoms with E-state index in [1.165, 1.54) is 22.3 Å². The molecular weight excluding hydrogens is 236 g/mol. The minimum Gasteiger partial charge on any atom is -0.496 e. The van der Waals surface area contributed by atoms with Crippen molar-refractivity contribution < 1.29 is 4.74 Å². The summed E-state index contributed by atoms with van der Waals surface area (Å²) < 4.78 is 5.41. The third-order valence-corrected chi connectivity index (χ3v) is 3.97. The molecule has 3 heteroatoms. The molecule has 0 aliphatic rings. The van der Waals surface area contributed by atoms with Gasteiger partial charge in [0, 0.05) is 18.6 Å². The van der Waals surface area contributed by atoms with Gasteiger partial charge in [-0.3, -0.25) is 0 Å². The van der Waals surface area contributed by atoms with Gasteiger partial charge in [0.1, 0.15) is 5.75 Å². The van der Waals surface area contributed by atoms with Crippen LogP contribution in [0, 0.1) is 20.8 Å². The molecule has 0 heterocycles. The molecule has 1 rings (SSSR count). The molecule has 0 aliphatic carbocycles. The van der Waals surface area contributed by atoms with Gasteiger partial charge >= 0.3 is 0 Å². The highest BCUT2D eigenvalue weighted by atomic mass is 16.5. The molecular formula is C16H28N2O. The van der Waals surface area contributed by atoms with Crippen molar-refractivity contribution in [3.63, 3.8) is 0 Å². The van der Waals surface area contributed by atoms with Crippen LogP contribution in [0.3, 0.4) is 0 Å². The second-order valence-electron chi connectivity index (χ2n) is 5.86. The molecule has 0 fully saturated rings. The van der Waals surface area contributed by atoms with Crippen LogP contribution in [0.25, 0.3) is 0 Å². The first-order valence-corrected chi connectivity index (χ1v) is 6.85. The summed E-state index contributed by atoms with van der Waals surface area (Å²) in [6.07, 6.45) is 0. The number of methoxy groups -OCH3 is 1. The second-order valence-corrected chi connectivity index (χ2v) is 5.86. The maximum Gasteiger partial charge on any atom is 0.122 e. The van der Waals surface area contributed by atoms with Crippen LogP contribution in [-0.4, -0.2) is 26.2 Å². The number of rotatable bonds is 6. The largest absolute Gasteiger partial charge is 0.496 e. The molecule has 0 amide bonds. The molecule has 0 unspecified atom stereocenters. The van der Waals surface area contributed by atoms with Crippen molar-refractivity contribution in [1.29, 1.82) is 0 Å². The van der Waals surface area contributed by atoms with E-state index in [1.54, 1.807) is 7.11 Å². The molecule has 0 aliphatic heterocycles. The van der Waals surface area contributed by atoms with Gasteiger partial charge in [-0.15, -0.1) is 0 Å². The summed E-state index contributed by atoms with van der Waals surface area (Å²) in [5, 5.41) is 6.84. The number of hydrogen-bond donors (Lipinski definition) is 2. The topological polar surface area (TPSA) is 33.3 Å². The summed E-state index contributed by atoms with van der Waals surface area (Å²) in [4.78, 5) is 0. The van der Waals surface area contributed by atoms with Gasteiger partial charge in [-0.1, -0.05) is 0 Å². The summed E-state index contributed by atoms with van der Waals surface area (Å²) in [5.41, 5.74) is 5.34. The standard InChI is InChI=1S/C16H28N2O/c1-11-8-15(19-7)13(3)12(2)14(11)9-18-10-16(4,5)17-6/h8,17-18H,9-10H2,1-7H3. The Morgan fingerprint density at radius 3 is 2.32 bits per heavy atom. The van der Waals surface area contributed by atoms with Gasteiger partial charge in [0.2, 0.25) is 0 Å². The highest BCUT2D eigenvalue weighted by molar-refractivity contribution is 5.48. The molecule has 0 saturated heterocycles. The van der Waals surface area contributed by atoms with E-state index >= 15 is 0 Å². The fourth-order valence-electron chi connectivity index (χ4n) is 2.17. The molecule has 108 valence electrons. The van der Waals surface area contributed by atoms with Crippen LogP contribution in [0.15, 0.2) is 6.07 Å². The maximum atomic E-state index is 5.41. The fourth-order valence-corrected chi connectivity index (χ4v) is 2.17. The minimum atomic E-state index is 0.114. The Morgan fingerprint density at radius 2 is 1.79 bits per heavy atom. The molecule has 0 bridgehead atoms. The number of nitrogens with one attached hydrogen (secondary N) is 2. The van der Waals surface area contributed by atoms with Crippen LogP contribution in [0.1, 0.15) is 36.1 Å². The Balaban J connectivity index is 2.82. The zero-order valence-electron chi connectivity index (χ0n) is 13.4. The Morgan fingerprint density at radius 1 is 1.16 bits per heavy atom. The predicted octanol–water partition coefficient (Wildman–Crippen LogP) is 2.71. The molecule has 0 aromatic heterocycles. The molecule has 19 heavy (non-hydrogen) atoms. The number of likely N-dealkylation sites (N-methyl/N-ethyl adjacent to an activating group) is 1. The lowest BCUT2D eigenvalue weighted by Gasteiger charge is -2.25. The Kier molecular flexibility index (Phi) is 5.39. The lowest BCUT2D eigenvalue weighted by Crippen LogP contribution is -2.45. The van der Waals surface area contributed by atoms with Gasteiger partial charge in [-0.05, 0) is 70.0 Å². The van der Waals surface area contributed by atoms with E-state index in [1.807, 2.05) is 7.05 Å². The van der Waals surface area contributed by atoms with E-state index in [2.05, 4.69) is 51.3 Å². The molecule has 2 N–H and O–H groups in total. The van der Waals surface area contributed by atoms with Crippen molar-refractivity contribution in [3.8, 4) is 5.75 Å². The first-order valence-electron chi connectivity index (χ1n) is 6.85. The Hall–Kier alpha value is -1.06. The fraction of sp³-hybridized carbons (Fsp3) is 0.625. The Bertz CT molecular complexity index is 439. The first-order chi connectivity index (χ1) is 8.82. The van der Waals surface area contributed by atoms with E-state index in [0.29, 0.717) is 0 Å². The van der Waals surface area contributed by atoms with Crippen LogP contribution in [0.4, 0.5) is 0 Å². The average Bonchev–Trinajstić information content (AvgIpc) is 2.37. The summed E-state index contributed by atoms with van der Waals surface area (Å²) in [7, 11) is 3.73. The van der Waals surface area contributed by atoms with Crippen molar-refractivity contribution in [1.82, 2.24) is 10.6 Å². The Labute approximate surface area is 117 Å². The van der Waals surface area contributed by atoms with Crippen LogP contribution in [0.5, 0.6) is 5.75 Å². The monoisotopic (exact) mass is 264 g/mol. The van der Waals surface area contributed by atoms with Crippen molar-refractivity contribution in [2.24, 2.45) is 0 Å². The third kappa shape index (κ3) is 3.95. The molecule has 0 saturated carbocycles. The lowest BCUT2D eigenvalue weighted by atomic mass is 9.97. The first kappa shape index (κ1) is 16.0. The van der Waals surface area contributed by atoms with Gasteiger partial charge in [0.25, 0.3) is 0 Å². The predicted molar refractivity (Wildman–Crippen MR) is 82.1 cm³/mol. The van der Waals surface area contributed by atoms with Crippen molar-refractivity contribution >= 4 is 0 Å². The molecule has 0 atom stereocenters. The minimum absolute atomic E-state index is 0.114. The molecule has 1 aromatic rings. The van der Waals surface area contributed by atoms with Gasteiger partial charge in [-0.2, -0.15) is 0 Å². The highest BCUT2D eigenvalue weighted by Gasteiger charge is 2.15. The van der Waals surface area contributed by atoms with Crippen LogP contribution >= 0.6 is 0 Å². The number of benzene rings is 1. The van der Waals surface area contributed by atoms with Crippen molar-refractivity contribution in [2.45, 2.75) is 46.7 Å². The second kappa shape index (κ2) is 6.40. The average molecular weight is 264 g/mol. The normalized spacial score (nSPS) is 11.7. The van der Waals surface area contributed by atoms with E-state index in [0.717, 1.165) is 18.8 Å². The zero-order chi connectivity index (χ0) is 14.6. The van der Waals surface area contributed by atoms with E-state index in [-0.39, 0.29) is 5.54 Å². The molecule has 3 nitrogen and oxygen atoms in total. The maximum absolute atomic E-state index is 5.41. The number of ether oxygens (including phenoxy) is 1. The lowest BCUT2D eigenvalue weighted by molar-refractivity contribution is 0.392. The molecule has 0 spiro atoms. The summed E-state index contributed by atoms with van der Waals surface area (Å²) in [6.45, 7) is 12.7. The van der Waals surface area contributed by atoms with E-state index < -0.39 is 0 Å². The quantitative estimate of drug-likeness (QED) is 0.829. The SMILES string of the molecule is CNC(C)(C)CNCc1c(C)cc(OC)c(C)c1C. The molecule has 0 radical (unpaired) electrons. The van der Waals surface area contributed by atoms with Crippen molar-refractivity contribution in [3.05, 3.63) is 28.3 Å². The van der Waals surface area contributed by atoms with Crippen LogP contribution < -0.4 is 15.4 Å². The summed E-state index contributed by atoms with van der Waals surface area (Å²) >= 11 is 0. The van der Waals surface area contributed by atoms with Gasteiger partial charge in [0.15, 0.2) is 0 Å². The highest BCUT2D eigenvalue weighted by Crippen LogP contribution is 2.27. The molecule has 1 aromatic carbocycles. The summed E-state index contributed by atoms with van der Waals surface area (Å²) in [5.74, 6) is 0.981. The summed E-state index contributed by atoms with van der Waals surface area (Å²) in [6, 6.07) is 2.13. The smallest absolute Gasteiger partial charge is 0.122 e. The zero-order valence-corrected chi connectivity index (χ0v) is 13.4. The number of hydrogen-bond acceptors (Lipinski definition) is 3. The van der Waals surface area contributed by atoms with Crippen LogP contribution in [0.2, 0.25) is 0 Å². The van der Waals surface area contributed by atoms with Gasteiger partial charge < -0.3 is 15.4 Å². The van der Waals surface area contributed by atoms with Crippen LogP contribution in [-0.2, 0) is 6.54 Å². The van der Waals surface area contributed by atoms with E-state index in [4.69, 9.17) is 4.74 Å². The van der Waals surface area contributed by atoms with Crippen molar-refractivity contribution in [2.75, 3.05) is 20.7 Å². The van der Waals surface area contributed by atoms with E-state index in [9.17, 15) is 0 Å².